The van der Waals surface area contributed by atoms with Gasteiger partial charge in [-0.3, -0.25) is 25.0 Å². The summed E-state index contributed by atoms with van der Waals surface area (Å²) in [4.78, 5) is 58.1. The van der Waals surface area contributed by atoms with Crippen molar-refractivity contribution < 1.29 is 69.1 Å². The molecule has 27 heteroatoms. The summed E-state index contributed by atoms with van der Waals surface area (Å²) in [6, 6.07) is 22.3. The van der Waals surface area contributed by atoms with Crippen molar-refractivity contribution in [1.82, 2.24) is 20.2 Å². The molecule has 2 aliphatic heterocycles. The minimum Gasteiger partial charge on any atom is -0.480 e. The Labute approximate surface area is 484 Å². The van der Waals surface area contributed by atoms with Gasteiger partial charge in [0.05, 0.1) is 33.1 Å². The lowest BCUT2D eigenvalue weighted by atomic mass is 9.92. The maximum absolute atomic E-state index is 13.4. The van der Waals surface area contributed by atoms with Gasteiger partial charge in [0.25, 0.3) is 11.4 Å². The van der Waals surface area contributed by atoms with Crippen molar-refractivity contribution in [3.63, 3.8) is 0 Å². The van der Waals surface area contributed by atoms with Gasteiger partial charge in [-0.2, -0.15) is 26.3 Å². The first-order valence-corrected chi connectivity index (χ1v) is 27.9. The van der Waals surface area contributed by atoms with Crippen LogP contribution in [-0.4, -0.2) is 132 Å². The van der Waals surface area contributed by atoms with Crippen molar-refractivity contribution in [2.45, 2.75) is 102 Å². The molecule has 4 fully saturated rings. The van der Waals surface area contributed by atoms with Gasteiger partial charge in [0.1, 0.15) is 47.6 Å². The van der Waals surface area contributed by atoms with Crippen LogP contribution < -0.4 is 25.8 Å². The maximum atomic E-state index is 13.4. The predicted octanol–water partition coefficient (Wildman–Crippen LogP) is 11.6. The van der Waals surface area contributed by atoms with Gasteiger partial charge in [0.2, 0.25) is 5.91 Å². The molecular weight excluding hydrogens is 1130 g/mol. The number of pyridine rings is 2. The summed E-state index contributed by atoms with van der Waals surface area (Å²) >= 11 is 0. The number of carbonyl (C=O) groups is 2. The fourth-order valence-corrected chi connectivity index (χ4v) is 10.3. The van der Waals surface area contributed by atoms with Gasteiger partial charge in [-0.05, 0) is 136 Å². The number of aromatic nitrogens is 2. The zero-order valence-electron chi connectivity index (χ0n) is 46.6. The van der Waals surface area contributed by atoms with Gasteiger partial charge in [-0.1, -0.05) is 13.8 Å². The summed E-state index contributed by atoms with van der Waals surface area (Å²) in [5, 5.41) is 41.2. The van der Waals surface area contributed by atoms with E-state index in [1.807, 2.05) is 38.1 Å². The number of nitro benzene ring substituents is 2. The van der Waals surface area contributed by atoms with Crippen LogP contribution >= 0.6 is 0 Å². The first kappa shape index (κ1) is 64.5. The number of rotatable bonds is 14. The van der Waals surface area contributed by atoms with Crippen molar-refractivity contribution >= 4 is 68.1 Å². The number of piperazine rings is 2. The minimum atomic E-state index is -4.83. The average molecular weight is 1200 g/mol. The van der Waals surface area contributed by atoms with E-state index in [1.165, 1.54) is 36.4 Å². The SMILES string of the molecule is CC.Fc1ccc2nc(N3CCNCC3)ccc2c1.O=C(COC1CCC(Nc2ccc([N+](=O)[O-])c(C(F)(F)F)c2)CC1)N1CCN(c2ccc3cc(F)ccc3n2)CC1.O=C(O)COC1CCC(Nc2ccc([N+](=O)[O-])c(C(F)(F)F)c2)CC1. The van der Waals surface area contributed by atoms with Gasteiger partial charge >= 0.3 is 18.3 Å². The lowest BCUT2D eigenvalue weighted by Gasteiger charge is -2.36. The van der Waals surface area contributed by atoms with Crippen LogP contribution in [0.1, 0.15) is 76.3 Å². The van der Waals surface area contributed by atoms with E-state index in [1.54, 1.807) is 17.0 Å². The number of benzene rings is 4. The number of carboxylic acids is 1. The van der Waals surface area contributed by atoms with Crippen molar-refractivity contribution in [3.05, 3.63) is 140 Å². The normalized spacial score (nSPS) is 19.1. The lowest BCUT2D eigenvalue weighted by Crippen LogP contribution is -2.50. The zero-order valence-corrected chi connectivity index (χ0v) is 46.6. The molecule has 4 aromatic carbocycles. The first-order chi connectivity index (χ1) is 40.6. The van der Waals surface area contributed by atoms with Crippen LogP contribution in [0.2, 0.25) is 0 Å². The third kappa shape index (κ3) is 18.5. The van der Waals surface area contributed by atoms with Crippen LogP contribution in [0.3, 0.4) is 0 Å². The Bertz CT molecular complexity index is 3240. The van der Waals surface area contributed by atoms with E-state index in [0.717, 1.165) is 78.4 Å². The number of ether oxygens (including phenoxy) is 2. The van der Waals surface area contributed by atoms with E-state index in [2.05, 4.69) is 35.7 Å². The van der Waals surface area contributed by atoms with Gasteiger partial charge < -0.3 is 45.2 Å². The number of aliphatic carboxylic acids is 1. The molecule has 4 heterocycles. The number of nitro groups is 2. The van der Waals surface area contributed by atoms with Crippen molar-refractivity contribution in [2.75, 3.05) is 86.0 Å². The summed E-state index contributed by atoms with van der Waals surface area (Å²) in [7, 11) is 0. The molecule has 6 aromatic rings. The van der Waals surface area contributed by atoms with Gasteiger partial charge in [0.15, 0.2) is 0 Å². The number of nitrogens with one attached hydrogen (secondary N) is 3. The summed E-state index contributed by atoms with van der Waals surface area (Å²) in [6.07, 6.45) is -5.07. The predicted molar refractivity (Wildman–Crippen MR) is 304 cm³/mol. The maximum Gasteiger partial charge on any atom is 0.423 e. The number of carbonyl (C=O) groups excluding carboxylic acids is 1. The second-order valence-electron chi connectivity index (χ2n) is 20.3. The number of carboxylic acid groups (broad SMARTS) is 1. The molecule has 2 aromatic heterocycles. The largest absolute Gasteiger partial charge is 0.480 e. The Balaban J connectivity index is 0.000000199. The number of alkyl halides is 6. The highest BCUT2D eigenvalue weighted by atomic mass is 19.4. The van der Waals surface area contributed by atoms with Crippen molar-refractivity contribution in [2.24, 2.45) is 0 Å². The Hall–Kier alpha value is -8.04. The molecule has 4 N–H and O–H groups in total. The molecular formula is C58H66F8N10O9. The zero-order chi connectivity index (χ0) is 61.4. The Morgan fingerprint density at radius 3 is 1.40 bits per heavy atom. The molecule has 1 amide bonds. The second kappa shape index (κ2) is 29.7. The molecule has 10 rings (SSSR count). The summed E-state index contributed by atoms with van der Waals surface area (Å²) < 4.78 is 116. The van der Waals surface area contributed by atoms with Gasteiger partial charge in [0, 0.05) is 98.7 Å². The van der Waals surface area contributed by atoms with E-state index in [-0.39, 0.29) is 66.4 Å². The average Bonchev–Trinajstić information content (AvgIpc) is 2.56. The lowest BCUT2D eigenvalue weighted by molar-refractivity contribution is -0.388. The molecule has 4 aliphatic rings. The molecule has 0 spiro atoms. The molecule has 2 aliphatic carbocycles. The first-order valence-electron chi connectivity index (χ1n) is 27.9. The summed E-state index contributed by atoms with van der Waals surface area (Å²) in [5.74, 6) is 0.0838. The number of hydrogen-bond donors (Lipinski definition) is 4. The van der Waals surface area contributed by atoms with Crippen LogP contribution in [-0.2, 0) is 31.4 Å². The van der Waals surface area contributed by atoms with E-state index >= 15 is 0 Å². The molecule has 0 bridgehead atoms. The highest BCUT2D eigenvalue weighted by molar-refractivity contribution is 5.81. The Morgan fingerprint density at radius 2 is 1.00 bits per heavy atom. The fraction of sp³-hybridized carbons (Fsp3) is 0.448. The Kier molecular flexibility index (Phi) is 22.5. The third-order valence-corrected chi connectivity index (χ3v) is 14.6. The number of hydrogen-bond acceptors (Lipinski definition) is 15. The van der Waals surface area contributed by atoms with Crippen LogP contribution in [0, 0.1) is 31.9 Å². The van der Waals surface area contributed by atoms with E-state index in [0.29, 0.717) is 83.1 Å². The monoisotopic (exact) mass is 1200 g/mol. The molecule has 0 unspecified atom stereocenters. The summed E-state index contributed by atoms with van der Waals surface area (Å²) in [5.41, 5.74) is -2.64. The Morgan fingerprint density at radius 1 is 0.588 bits per heavy atom. The number of fused-ring (bicyclic) bond motifs is 2. The van der Waals surface area contributed by atoms with Crippen LogP contribution in [0.5, 0.6) is 0 Å². The number of amides is 1. The minimum absolute atomic E-state index is 0.0418. The third-order valence-electron chi connectivity index (χ3n) is 14.6. The molecule has 85 heavy (non-hydrogen) atoms. The second-order valence-corrected chi connectivity index (χ2v) is 20.3. The van der Waals surface area contributed by atoms with E-state index in [4.69, 9.17) is 14.6 Å². The van der Waals surface area contributed by atoms with Crippen molar-refractivity contribution in [1.29, 1.82) is 0 Å². The highest BCUT2D eigenvalue weighted by Gasteiger charge is 2.40. The smallest absolute Gasteiger partial charge is 0.423 e. The van der Waals surface area contributed by atoms with Crippen LogP contribution in [0.4, 0.5) is 69.5 Å². The number of anilines is 4. The van der Waals surface area contributed by atoms with Crippen LogP contribution in [0.25, 0.3) is 21.8 Å². The molecule has 0 radical (unpaired) electrons. The fourth-order valence-electron chi connectivity index (χ4n) is 10.3. The quantitative estimate of drug-likeness (QED) is 0.0451. The standard InChI is InChI=1S/C28H29F4N5O4.C15H17F3N2O5.C13H14FN3.C2H6/c29-19-2-8-24-18(15-19)1-10-26(34-24)35-11-13-36(14-12-35)27(38)17-41-22-6-3-20(4-7-22)33-21-5-9-25(37(39)40)23(16-21)28(30,31)32;16-15(17,18)12-7-10(3-6-13(12)20(23)24)19-9-1-4-11(5-2-9)25-8-14(21)22;14-11-2-3-12-10(9-11)1-4-13(16-12)17-7-5-15-6-8-17;1-2/h1-2,5,8-10,15-16,20,22,33H,3-4,6-7,11-14,17H2;3,6-7,9,11,19H,1-2,4-5,8H2,(H,21,22);1-4,9,15H,5-8H2;1-2H3. The molecule has 458 valence electrons. The molecule has 2 saturated carbocycles. The topological polar surface area (TPSA) is 231 Å². The van der Waals surface area contributed by atoms with E-state index in [9.17, 15) is 64.9 Å². The number of nitrogens with zero attached hydrogens (tertiary/aromatic N) is 7. The molecule has 2 saturated heterocycles. The van der Waals surface area contributed by atoms with Gasteiger partial charge in [-0.25, -0.2) is 23.5 Å². The molecule has 0 atom stereocenters. The summed E-state index contributed by atoms with van der Waals surface area (Å²) in [6.45, 7) is 9.78. The van der Waals surface area contributed by atoms with Crippen LogP contribution in [0.15, 0.2) is 97.1 Å². The van der Waals surface area contributed by atoms with Crippen molar-refractivity contribution in [3.8, 4) is 0 Å². The van der Waals surface area contributed by atoms with E-state index < -0.39 is 50.7 Å². The highest BCUT2D eigenvalue weighted by Crippen LogP contribution is 2.40. The number of halogens is 8. The molecule has 19 nitrogen and oxygen atoms in total. The van der Waals surface area contributed by atoms with Gasteiger partial charge in [-0.15, -0.1) is 0 Å².